The molecule has 0 saturated heterocycles. The van der Waals surface area contributed by atoms with Crippen molar-refractivity contribution in [2.75, 3.05) is 7.11 Å². The fourth-order valence-corrected chi connectivity index (χ4v) is 3.35. The number of methoxy groups -OCH3 is 1. The summed E-state index contributed by atoms with van der Waals surface area (Å²) in [7, 11) is 1.30. The Kier molecular flexibility index (Phi) is 5.38. The zero-order valence-corrected chi connectivity index (χ0v) is 15.9. The number of allylic oxidation sites excluding steroid dienone is 1. The van der Waals surface area contributed by atoms with Gasteiger partial charge in [-0.15, -0.1) is 11.3 Å². The van der Waals surface area contributed by atoms with Gasteiger partial charge in [-0.3, -0.25) is 10.1 Å². The second kappa shape index (κ2) is 7.90. The zero-order valence-electron chi connectivity index (χ0n) is 15.0. The number of rotatable bonds is 5. The van der Waals surface area contributed by atoms with Crippen molar-refractivity contribution in [3.63, 3.8) is 0 Å². The summed E-state index contributed by atoms with van der Waals surface area (Å²) in [5.74, 6) is -0.601. The summed E-state index contributed by atoms with van der Waals surface area (Å²) < 4.78 is 4.99. The number of hydrogen-bond acceptors (Lipinski definition) is 7. The molecule has 1 N–H and O–H groups in total. The predicted octanol–water partition coefficient (Wildman–Crippen LogP) is 4.81. The number of aromatic nitrogens is 1. The van der Waals surface area contributed by atoms with Gasteiger partial charge >= 0.3 is 5.69 Å². The quantitative estimate of drug-likeness (QED) is 0.379. The van der Waals surface area contributed by atoms with Gasteiger partial charge in [0.1, 0.15) is 11.1 Å². The first-order chi connectivity index (χ1) is 13.4. The molecule has 0 saturated carbocycles. The molecule has 3 rings (SSSR count). The summed E-state index contributed by atoms with van der Waals surface area (Å²) >= 11 is 1.31. The number of thiazole rings is 1. The van der Waals surface area contributed by atoms with E-state index in [-0.39, 0.29) is 11.3 Å². The van der Waals surface area contributed by atoms with Crippen molar-refractivity contribution < 1.29 is 14.8 Å². The van der Waals surface area contributed by atoms with Crippen molar-refractivity contribution in [2.45, 2.75) is 6.92 Å². The van der Waals surface area contributed by atoms with Crippen LogP contribution in [0.25, 0.3) is 22.9 Å². The number of phenols is 1. The van der Waals surface area contributed by atoms with Crippen molar-refractivity contribution in [2.24, 2.45) is 0 Å². The lowest BCUT2D eigenvalue weighted by atomic mass is 10.1. The van der Waals surface area contributed by atoms with Gasteiger partial charge in [-0.05, 0) is 24.6 Å². The Hall–Kier alpha value is -3.70. The van der Waals surface area contributed by atoms with Gasteiger partial charge in [0.15, 0.2) is 5.75 Å². The highest BCUT2D eigenvalue weighted by atomic mass is 32.1. The van der Waals surface area contributed by atoms with Crippen LogP contribution in [0.2, 0.25) is 0 Å². The minimum atomic E-state index is -0.708. The van der Waals surface area contributed by atoms with E-state index in [1.807, 2.05) is 36.6 Å². The average Bonchev–Trinajstić information content (AvgIpc) is 3.17. The first kappa shape index (κ1) is 19.1. The highest BCUT2D eigenvalue weighted by molar-refractivity contribution is 7.11. The van der Waals surface area contributed by atoms with E-state index >= 15 is 0 Å². The van der Waals surface area contributed by atoms with Crippen molar-refractivity contribution in [1.82, 2.24) is 4.98 Å². The van der Waals surface area contributed by atoms with E-state index in [1.54, 1.807) is 0 Å². The van der Waals surface area contributed by atoms with Gasteiger partial charge in [0.2, 0.25) is 5.75 Å². The van der Waals surface area contributed by atoms with Crippen LogP contribution in [0.1, 0.15) is 16.1 Å². The Bertz CT molecular complexity index is 1110. The second-order valence-corrected chi connectivity index (χ2v) is 6.78. The van der Waals surface area contributed by atoms with Crippen LogP contribution in [-0.2, 0) is 0 Å². The molecule has 0 spiro atoms. The SMILES string of the molecule is COc1cc(/C=C(\C#N)c2nc(-c3ccc(C)cc3)cs2)cc([N+](=O)[O-])c1O. The molecule has 140 valence electrons. The summed E-state index contributed by atoms with van der Waals surface area (Å²) in [6.45, 7) is 2.00. The van der Waals surface area contributed by atoms with Crippen LogP contribution >= 0.6 is 11.3 Å². The maximum atomic E-state index is 11.1. The van der Waals surface area contributed by atoms with Gasteiger partial charge in [0, 0.05) is 17.0 Å². The third-order valence-corrected chi connectivity index (χ3v) is 4.88. The second-order valence-electron chi connectivity index (χ2n) is 5.92. The van der Waals surface area contributed by atoms with Gasteiger partial charge < -0.3 is 9.84 Å². The van der Waals surface area contributed by atoms with Crippen LogP contribution < -0.4 is 4.74 Å². The largest absolute Gasteiger partial charge is 0.500 e. The Morgan fingerprint density at radius 3 is 2.68 bits per heavy atom. The van der Waals surface area contributed by atoms with Crippen molar-refractivity contribution in [1.29, 1.82) is 5.26 Å². The van der Waals surface area contributed by atoms with Gasteiger partial charge in [-0.2, -0.15) is 5.26 Å². The molecule has 0 aliphatic heterocycles. The number of nitro benzene ring substituents is 1. The van der Waals surface area contributed by atoms with Crippen LogP contribution in [-0.4, -0.2) is 22.1 Å². The molecule has 1 aromatic heterocycles. The number of nitro groups is 1. The van der Waals surface area contributed by atoms with E-state index in [2.05, 4.69) is 11.1 Å². The number of aromatic hydroxyl groups is 1. The maximum Gasteiger partial charge on any atom is 0.315 e. The lowest BCUT2D eigenvalue weighted by Gasteiger charge is -2.05. The number of hydrogen-bond donors (Lipinski definition) is 1. The van der Waals surface area contributed by atoms with Crippen LogP contribution in [0, 0.1) is 28.4 Å². The van der Waals surface area contributed by atoms with E-state index in [9.17, 15) is 20.5 Å². The fraction of sp³-hybridized carbons (Fsp3) is 0.100. The van der Waals surface area contributed by atoms with Crippen LogP contribution in [0.5, 0.6) is 11.5 Å². The normalized spacial score (nSPS) is 11.1. The van der Waals surface area contributed by atoms with E-state index in [4.69, 9.17) is 4.74 Å². The summed E-state index contributed by atoms with van der Waals surface area (Å²) in [6.07, 6.45) is 1.48. The molecular weight excluding hydrogens is 378 g/mol. The van der Waals surface area contributed by atoms with E-state index in [0.29, 0.717) is 10.6 Å². The third-order valence-electron chi connectivity index (χ3n) is 4.01. The molecule has 1 heterocycles. The number of nitriles is 1. The minimum Gasteiger partial charge on any atom is -0.500 e. The Balaban J connectivity index is 2.02. The molecule has 28 heavy (non-hydrogen) atoms. The summed E-state index contributed by atoms with van der Waals surface area (Å²) in [4.78, 5) is 14.9. The minimum absolute atomic E-state index is 0.0442. The van der Waals surface area contributed by atoms with Crippen molar-refractivity contribution in [3.8, 4) is 28.8 Å². The van der Waals surface area contributed by atoms with E-state index in [0.717, 1.165) is 16.8 Å². The maximum absolute atomic E-state index is 11.1. The van der Waals surface area contributed by atoms with Crippen molar-refractivity contribution >= 4 is 28.7 Å². The summed E-state index contributed by atoms with van der Waals surface area (Å²) in [6, 6.07) is 12.6. The third kappa shape index (κ3) is 3.84. The number of nitrogens with zero attached hydrogens (tertiary/aromatic N) is 3. The number of aryl methyl sites for hydroxylation is 1. The van der Waals surface area contributed by atoms with Gasteiger partial charge in [0.25, 0.3) is 0 Å². The number of benzene rings is 2. The molecule has 3 aromatic rings. The van der Waals surface area contributed by atoms with Crippen LogP contribution in [0.4, 0.5) is 5.69 Å². The number of ether oxygens (including phenoxy) is 1. The van der Waals surface area contributed by atoms with Crippen LogP contribution in [0.15, 0.2) is 41.8 Å². The molecule has 0 bridgehead atoms. The first-order valence-corrected chi connectivity index (χ1v) is 9.01. The molecule has 0 radical (unpaired) electrons. The fourth-order valence-electron chi connectivity index (χ4n) is 2.55. The molecule has 8 heteroatoms. The lowest BCUT2D eigenvalue weighted by molar-refractivity contribution is -0.386. The smallest absolute Gasteiger partial charge is 0.315 e. The Morgan fingerprint density at radius 1 is 1.36 bits per heavy atom. The lowest BCUT2D eigenvalue weighted by Crippen LogP contribution is -1.93. The highest BCUT2D eigenvalue weighted by Gasteiger charge is 2.20. The monoisotopic (exact) mass is 393 g/mol. The predicted molar refractivity (Wildman–Crippen MR) is 107 cm³/mol. The standard InChI is InChI=1S/C20H15N3O4S/c1-12-3-5-14(6-4-12)16-11-28-20(22-16)15(10-21)7-13-8-17(23(25)26)19(24)18(9-13)27-2/h3-9,11,24H,1-2H3/b15-7+. The van der Waals surface area contributed by atoms with Crippen LogP contribution in [0.3, 0.4) is 0 Å². The molecule has 0 fully saturated rings. The average molecular weight is 393 g/mol. The first-order valence-electron chi connectivity index (χ1n) is 8.13. The molecule has 0 atom stereocenters. The molecular formula is C20H15N3O4S. The molecule has 0 unspecified atom stereocenters. The van der Waals surface area contributed by atoms with Gasteiger partial charge in [-0.25, -0.2) is 4.98 Å². The molecule has 0 amide bonds. The summed E-state index contributed by atoms with van der Waals surface area (Å²) in [5, 5.41) is 32.9. The zero-order chi connectivity index (χ0) is 20.3. The molecule has 0 aliphatic carbocycles. The highest BCUT2D eigenvalue weighted by Crippen LogP contribution is 2.38. The Morgan fingerprint density at radius 2 is 2.07 bits per heavy atom. The Labute approximate surface area is 164 Å². The molecule has 7 nitrogen and oxygen atoms in total. The van der Waals surface area contributed by atoms with Gasteiger partial charge in [0.05, 0.1) is 23.3 Å². The topological polar surface area (TPSA) is 109 Å². The van der Waals surface area contributed by atoms with E-state index < -0.39 is 16.4 Å². The van der Waals surface area contributed by atoms with Crippen molar-refractivity contribution in [3.05, 3.63) is 68.0 Å². The summed E-state index contributed by atoms with van der Waals surface area (Å²) in [5.41, 5.74) is 2.93. The molecule has 0 aliphatic rings. The molecule has 2 aromatic carbocycles. The van der Waals surface area contributed by atoms with Gasteiger partial charge in [-0.1, -0.05) is 29.8 Å². The van der Waals surface area contributed by atoms with E-state index in [1.165, 1.54) is 36.7 Å². The number of phenolic OH excluding ortho intramolecular Hbond substituents is 1.